The van der Waals surface area contributed by atoms with Crippen molar-refractivity contribution in [2.75, 3.05) is 7.11 Å². The third-order valence-corrected chi connectivity index (χ3v) is 5.26. The highest BCUT2D eigenvalue weighted by Crippen LogP contribution is 2.31. The van der Waals surface area contributed by atoms with Crippen LogP contribution in [0.3, 0.4) is 0 Å². The van der Waals surface area contributed by atoms with Crippen molar-refractivity contribution in [1.29, 1.82) is 0 Å². The second-order valence-corrected chi connectivity index (χ2v) is 7.42. The molecule has 0 bridgehead atoms. The topological polar surface area (TPSA) is 61.3 Å². The molecule has 0 saturated heterocycles. The van der Waals surface area contributed by atoms with E-state index >= 15 is 0 Å². The fourth-order valence-corrected chi connectivity index (χ4v) is 3.59. The Labute approximate surface area is 191 Å². The van der Waals surface area contributed by atoms with E-state index in [9.17, 15) is 4.79 Å². The maximum atomic E-state index is 12.8. The molecule has 0 aliphatic rings. The maximum absolute atomic E-state index is 12.8. The number of hydrogen-bond acceptors (Lipinski definition) is 5. The summed E-state index contributed by atoms with van der Waals surface area (Å²) >= 11 is 0. The summed E-state index contributed by atoms with van der Waals surface area (Å²) in [5.41, 5.74) is 5.22. The first-order valence-corrected chi connectivity index (χ1v) is 10.5. The van der Waals surface area contributed by atoms with Gasteiger partial charge in [-0.1, -0.05) is 60.7 Å². The first-order valence-electron chi connectivity index (χ1n) is 10.5. The Morgan fingerprint density at radius 2 is 1.18 bits per heavy atom. The number of carbonyl (C=O) groups excluding carboxylic acids is 1. The Morgan fingerprint density at radius 1 is 0.636 bits per heavy atom. The van der Waals surface area contributed by atoms with Crippen molar-refractivity contribution in [3.8, 4) is 34.0 Å². The number of rotatable bonds is 5. The van der Waals surface area contributed by atoms with Gasteiger partial charge in [0, 0.05) is 11.1 Å². The molecule has 0 fully saturated rings. The quantitative estimate of drug-likeness (QED) is 0.245. The van der Waals surface area contributed by atoms with Crippen LogP contribution in [0.2, 0.25) is 0 Å². The van der Waals surface area contributed by atoms with Crippen LogP contribution < -0.4 is 9.47 Å². The molecule has 4 aromatic carbocycles. The van der Waals surface area contributed by atoms with Gasteiger partial charge in [0.05, 0.1) is 35.1 Å². The summed E-state index contributed by atoms with van der Waals surface area (Å²) in [5.74, 6) is 0.673. The van der Waals surface area contributed by atoms with Gasteiger partial charge < -0.3 is 9.47 Å². The molecule has 1 heterocycles. The van der Waals surface area contributed by atoms with E-state index in [2.05, 4.69) is 0 Å². The molecule has 0 saturated carbocycles. The third kappa shape index (κ3) is 4.29. The van der Waals surface area contributed by atoms with Crippen LogP contribution in [-0.2, 0) is 0 Å². The van der Waals surface area contributed by atoms with Gasteiger partial charge in [-0.25, -0.2) is 14.8 Å². The van der Waals surface area contributed by atoms with Gasteiger partial charge in [-0.05, 0) is 42.5 Å². The lowest BCUT2D eigenvalue weighted by Gasteiger charge is -2.11. The largest absolute Gasteiger partial charge is 0.497 e. The summed E-state index contributed by atoms with van der Waals surface area (Å²) in [6.45, 7) is 0. The third-order valence-electron chi connectivity index (χ3n) is 5.26. The standard InChI is InChI=1S/C28H20N2O3/c1-32-22-13-15-23(16-14-22)33-28(31)21-12-17-24-25(18-21)30-27(20-10-6-3-7-11-20)26(29-24)19-8-4-2-5-9-19/h2-18H,1H3. The van der Waals surface area contributed by atoms with Crippen LogP contribution in [0.5, 0.6) is 11.5 Å². The predicted molar refractivity (Wildman–Crippen MR) is 128 cm³/mol. The van der Waals surface area contributed by atoms with E-state index in [1.54, 1.807) is 49.6 Å². The summed E-state index contributed by atoms with van der Waals surface area (Å²) in [5, 5.41) is 0. The van der Waals surface area contributed by atoms with E-state index in [1.165, 1.54) is 0 Å². The molecule has 1 aromatic heterocycles. The van der Waals surface area contributed by atoms with Crippen molar-refractivity contribution < 1.29 is 14.3 Å². The van der Waals surface area contributed by atoms with E-state index in [0.29, 0.717) is 28.1 Å². The minimum atomic E-state index is -0.461. The molecule has 0 aliphatic carbocycles. The van der Waals surface area contributed by atoms with E-state index < -0.39 is 5.97 Å². The summed E-state index contributed by atoms with van der Waals surface area (Å²) in [6.07, 6.45) is 0. The van der Waals surface area contributed by atoms with Gasteiger partial charge in [-0.2, -0.15) is 0 Å². The summed E-state index contributed by atoms with van der Waals surface area (Å²) < 4.78 is 10.7. The zero-order valence-electron chi connectivity index (χ0n) is 17.9. The van der Waals surface area contributed by atoms with Crippen molar-refractivity contribution in [1.82, 2.24) is 9.97 Å². The molecule has 5 aromatic rings. The van der Waals surface area contributed by atoms with Crippen LogP contribution in [-0.4, -0.2) is 23.0 Å². The number of hydrogen-bond donors (Lipinski definition) is 0. The second-order valence-electron chi connectivity index (χ2n) is 7.42. The highest BCUT2D eigenvalue weighted by molar-refractivity contribution is 5.96. The minimum Gasteiger partial charge on any atom is -0.497 e. The fraction of sp³-hybridized carbons (Fsp3) is 0.0357. The Hall–Kier alpha value is -4.51. The van der Waals surface area contributed by atoms with Crippen LogP contribution in [0, 0.1) is 0 Å². The first-order chi connectivity index (χ1) is 16.2. The van der Waals surface area contributed by atoms with Crippen LogP contribution in [0.25, 0.3) is 33.5 Å². The van der Waals surface area contributed by atoms with Gasteiger partial charge >= 0.3 is 5.97 Å². The van der Waals surface area contributed by atoms with Gasteiger partial charge in [0.15, 0.2) is 0 Å². The smallest absolute Gasteiger partial charge is 0.343 e. The van der Waals surface area contributed by atoms with Crippen molar-refractivity contribution in [3.63, 3.8) is 0 Å². The average Bonchev–Trinajstić information content (AvgIpc) is 2.89. The van der Waals surface area contributed by atoms with Crippen molar-refractivity contribution in [2.24, 2.45) is 0 Å². The van der Waals surface area contributed by atoms with Gasteiger partial charge in [0.2, 0.25) is 0 Å². The molecule has 5 heteroatoms. The number of aromatic nitrogens is 2. The number of nitrogens with zero attached hydrogens (tertiary/aromatic N) is 2. The highest BCUT2D eigenvalue weighted by atomic mass is 16.5. The zero-order valence-corrected chi connectivity index (χ0v) is 17.9. The summed E-state index contributed by atoms with van der Waals surface area (Å²) in [7, 11) is 1.59. The van der Waals surface area contributed by atoms with Crippen LogP contribution in [0.1, 0.15) is 10.4 Å². The van der Waals surface area contributed by atoms with Crippen molar-refractivity contribution in [2.45, 2.75) is 0 Å². The van der Waals surface area contributed by atoms with Crippen molar-refractivity contribution in [3.05, 3.63) is 109 Å². The van der Waals surface area contributed by atoms with Gasteiger partial charge in [-0.3, -0.25) is 0 Å². The molecule has 5 rings (SSSR count). The minimum absolute atomic E-state index is 0.402. The van der Waals surface area contributed by atoms with Crippen LogP contribution in [0.15, 0.2) is 103 Å². The van der Waals surface area contributed by atoms with E-state index in [4.69, 9.17) is 19.4 Å². The molecule has 0 unspecified atom stereocenters. The molecule has 0 atom stereocenters. The molecular weight excluding hydrogens is 412 g/mol. The lowest BCUT2D eigenvalue weighted by Crippen LogP contribution is -2.08. The van der Waals surface area contributed by atoms with Gasteiger partial charge in [0.25, 0.3) is 0 Å². The number of benzene rings is 4. The normalized spacial score (nSPS) is 10.7. The molecule has 5 nitrogen and oxygen atoms in total. The van der Waals surface area contributed by atoms with Crippen LogP contribution in [0.4, 0.5) is 0 Å². The molecule has 0 spiro atoms. The SMILES string of the molecule is COc1ccc(OC(=O)c2ccc3nc(-c4ccccc4)c(-c4ccccc4)nc3c2)cc1. The van der Waals surface area contributed by atoms with Gasteiger partial charge in [-0.15, -0.1) is 0 Å². The highest BCUT2D eigenvalue weighted by Gasteiger charge is 2.15. The molecule has 0 amide bonds. The molecular formula is C28H20N2O3. The molecule has 0 N–H and O–H groups in total. The van der Waals surface area contributed by atoms with E-state index in [0.717, 1.165) is 22.5 Å². The maximum Gasteiger partial charge on any atom is 0.343 e. The molecule has 160 valence electrons. The summed E-state index contributed by atoms with van der Waals surface area (Å²) in [4.78, 5) is 22.6. The Morgan fingerprint density at radius 3 is 1.76 bits per heavy atom. The Kier molecular flexibility index (Phi) is 5.52. The van der Waals surface area contributed by atoms with E-state index in [-0.39, 0.29) is 0 Å². The molecule has 0 aliphatic heterocycles. The van der Waals surface area contributed by atoms with Gasteiger partial charge in [0.1, 0.15) is 11.5 Å². The average molecular weight is 432 g/mol. The number of carbonyl (C=O) groups is 1. The monoisotopic (exact) mass is 432 g/mol. The number of fused-ring (bicyclic) bond motifs is 1. The Balaban J connectivity index is 1.55. The predicted octanol–water partition coefficient (Wildman–Crippen LogP) is 6.19. The van der Waals surface area contributed by atoms with E-state index in [1.807, 2.05) is 60.7 Å². The zero-order chi connectivity index (χ0) is 22.6. The summed E-state index contributed by atoms with van der Waals surface area (Å²) in [6, 6.07) is 32.0. The second kappa shape index (κ2) is 8.93. The lowest BCUT2D eigenvalue weighted by atomic mass is 10.0. The van der Waals surface area contributed by atoms with Crippen LogP contribution >= 0.6 is 0 Å². The number of esters is 1. The number of methoxy groups -OCH3 is 1. The first kappa shape index (κ1) is 20.4. The Bertz CT molecular complexity index is 1420. The molecule has 0 radical (unpaired) electrons. The lowest BCUT2D eigenvalue weighted by molar-refractivity contribution is 0.0735. The molecule has 33 heavy (non-hydrogen) atoms. The number of ether oxygens (including phenoxy) is 2. The van der Waals surface area contributed by atoms with Crippen molar-refractivity contribution >= 4 is 17.0 Å². The fourth-order valence-electron chi connectivity index (χ4n) is 3.59.